The topological polar surface area (TPSA) is 63.4 Å². The molecule has 0 bridgehead atoms. The fourth-order valence-electron chi connectivity index (χ4n) is 2.21. The molecule has 1 aromatic carbocycles. The monoisotopic (exact) mass is 290 g/mol. The molecule has 1 aliphatic rings. The van der Waals surface area contributed by atoms with Gasteiger partial charge in [-0.3, -0.25) is 0 Å². The number of nitrogens with zero attached hydrogens (tertiary/aromatic N) is 1. The molecule has 0 radical (unpaired) electrons. The lowest BCUT2D eigenvalue weighted by molar-refractivity contribution is 0.278. The van der Waals surface area contributed by atoms with E-state index in [0.29, 0.717) is 44.5 Å². The first-order chi connectivity index (χ1) is 8.95. The van der Waals surface area contributed by atoms with Gasteiger partial charge in [-0.25, -0.2) is 17.2 Å². The average Bonchev–Trinajstić information content (AvgIpc) is 2.38. The molecule has 4 nitrogen and oxygen atoms in total. The van der Waals surface area contributed by atoms with Crippen LogP contribution >= 0.6 is 0 Å². The average molecular weight is 290 g/mol. The van der Waals surface area contributed by atoms with Crippen LogP contribution in [0.15, 0.2) is 23.1 Å². The molecule has 0 spiro atoms. The van der Waals surface area contributed by atoms with Crippen molar-refractivity contribution in [1.29, 1.82) is 0 Å². The van der Waals surface area contributed by atoms with Crippen molar-refractivity contribution in [2.45, 2.75) is 17.7 Å². The number of halogens is 2. The van der Waals surface area contributed by atoms with Crippen molar-refractivity contribution in [2.24, 2.45) is 11.7 Å². The van der Waals surface area contributed by atoms with Crippen molar-refractivity contribution in [3.63, 3.8) is 0 Å². The Morgan fingerprint density at radius 1 is 1.26 bits per heavy atom. The van der Waals surface area contributed by atoms with E-state index in [1.165, 1.54) is 4.31 Å². The minimum Gasteiger partial charge on any atom is -0.330 e. The molecule has 1 fully saturated rings. The Kier molecular flexibility index (Phi) is 4.17. The van der Waals surface area contributed by atoms with Crippen LogP contribution in [0.2, 0.25) is 0 Å². The lowest BCUT2D eigenvalue weighted by atomic mass is 9.99. The van der Waals surface area contributed by atoms with Gasteiger partial charge in [0.2, 0.25) is 10.0 Å². The molecule has 7 heteroatoms. The quantitative estimate of drug-likeness (QED) is 0.913. The van der Waals surface area contributed by atoms with E-state index in [1.54, 1.807) is 0 Å². The molecule has 19 heavy (non-hydrogen) atoms. The van der Waals surface area contributed by atoms with E-state index >= 15 is 0 Å². The first kappa shape index (κ1) is 14.4. The van der Waals surface area contributed by atoms with Gasteiger partial charge in [0.05, 0.1) is 0 Å². The summed E-state index contributed by atoms with van der Waals surface area (Å²) in [5, 5.41) is 0. The molecule has 0 atom stereocenters. The maximum atomic E-state index is 13.6. The molecular weight excluding hydrogens is 274 g/mol. The minimum absolute atomic E-state index is 0.310. The van der Waals surface area contributed by atoms with Crippen molar-refractivity contribution in [2.75, 3.05) is 19.6 Å². The number of benzene rings is 1. The van der Waals surface area contributed by atoms with E-state index in [0.717, 1.165) is 12.1 Å². The minimum atomic E-state index is -3.89. The molecule has 2 N–H and O–H groups in total. The van der Waals surface area contributed by atoms with Gasteiger partial charge in [-0.15, -0.1) is 0 Å². The van der Waals surface area contributed by atoms with Crippen LogP contribution in [0.4, 0.5) is 8.78 Å². The van der Waals surface area contributed by atoms with Gasteiger partial charge in [-0.05, 0) is 37.4 Å². The zero-order valence-electron chi connectivity index (χ0n) is 10.4. The van der Waals surface area contributed by atoms with E-state index in [-0.39, 0.29) is 0 Å². The highest BCUT2D eigenvalue weighted by atomic mass is 32.2. The Balaban J connectivity index is 2.23. The summed E-state index contributed by atoms with van der Waals surface area (Å²) in [6, 6.07) is 2.50. The highest BCUT2D eigenvalue weighted by Gasteiger charge is 2.30. The van der Waals surface area contributed by atoms with Crippen molar-refractivity contribution in [3.05, 3.63) is 29.8 Å². The fourth-order valence-corrected chi connectivity index (χ4v) is 3.72. The smallest absolute Gasteiger partial charge is 0.245 e. The van der Waals surface area contributed by atoms with Crippen LogP contribution in [0.1, 0.15) is 12.8 Å². The second-order valence-electron chi connectivity index (χ2n) is 4.66. The van der Waals surface area contributed by atoms with Gasteiger partial charge in [0, 0.05) is 19.2 Å². The summed E-state index contributed by atoms with van der Waals surface area (Å²) < 4.78 is 52.1. The second-order valence-corrected chi connectivity index (χ2v) is 6.56. The van der Waals surface area contributed by atoms with E-state index in [4.69, 9.17) is 5.73 Å². The molecule has 0 amide bonds. The number of sulfonamides is 1. The third-order valence-corrected chi connectivity index (χ3v) is 5.35. The summed E-state index contributed by atoms with van der Waals surface area (Å²) in [6.07, 6.45) is 1.33. The number of piperidine rings is 1. The molecular formula is C12H16F2N2O2S. The van der Waals surface area contributed by atoms with Crippen molar-refractivity contribution in [1.82, 2.24) is 4.31 Å². The summed E-state index contributed by atoms with van der Waals surface area (Å²) in [5.41, 5.74) is 5.54. The Labute approximate surface area is 111 Å². The standard InChI is InChI=1S/C12H16F2N2O2S/c13-10-1-2-12(11(14)7-10)19(17,18)16-5-3-9(8-15)4-6-16/h1-2,7,9H,3-6,8,15H2. The lowest BCUT2D eigenvalue weighted by Gasteiger charge is -2.30. The molecule has 1 aliphatic heterocycles. The van der Waals surface area contributed by atoms with Crippen LogP contribution in [0.25, 0.3) is 0 Å². The van der Waals surface area contributed by atoms with Crippen LogP contribution < -0.4 is 5.73 Å². The van der Waals surface area contributed by atoms with Gasteiger partial charge < -0.3 is 5.73 Å². The Hall–Kier alpha value is -1.05. The van der Waals surface area contributed by atoms with E-state index in [1.807, 2.05) is 0 Å². The maximum Gasteiger partial charge on any atom is 0.245 e. The first-order valence-corrected chi connectivity index (χ1v) is 7.54. The predicted octanol–water partition coefficient (Wildman–Crippen LogP) is 1.32. The molecule has 1 heterocycles. The van der Waals surface area contributed by atoms with Crippen LogP contribution in [-0.2, 0) is 10.0 Å². The van der Waals surface area contributed by atoms with Crippen molar-refractivity contribution >= 4 is 10.0 Å². The molecule has 2 rings (SSSR count). The van der Waals surface area contributed by atoms with Crippen LogP contribution in [0, 0.1) is 17.6 Å². The van der Waals surface area contributed by atoms with Gasteiger partial charge in [-0.2, -0.15) is 4.31 Å². The summed E-state index contributed by atoms with van der Waals surface area (Å²) in [5.74, 6) is -1.54. The zero-order valence-corrected chi connectivity index (χ0v) is 11.2. The predicted molar refractivity (Wildman–Crippen MR) is 66.9 cm³/mol. The largest absolute Gasteiger partial charge is 0.330 e. The zero-order chi connectivity index (χ0) is 14.0. The number of hydrogen-bond acceptors (Lipinski definition) is 3. The Morgan fingerprint density at radius 2 is 1.89 bits per heavy atom. The van der Waals surface area contributed by atoms with Gasteiger partial charge in [0.1, 0.15) is 16.5 Å². The van der Waals surface area contributed by atoms with Gasteiger partial charge in [-0.1, -0.05) is 0 Å². The van der Waals surface area contributed by atoms with Gasteiger partial charge in [0.25, 0.3) is 0 Å². The van der Waals surface area contributed by atoms with Crippen LogP contribution in [0.5, 0.6) is 0 Å². The van der Waals surface area contributed by atoms with Crippen molar-refractivity contribution in [3.8, 4) is 0 Å². The second kappa shape index (κ2) is 5.52. The fraction of sp³-hybridized carbons (Fsp3) is 0.500. The summed E-state index contributed by atoms with van der Waals surface area (Å²) in [4.78, 5) is -0.472. The third kappa shape index (κ3) is 2.93. The normalized spacial score (nSPS) is 18.7. The number of hydrogen-bond donors (Lipinski definition) is 1. The molecule has 1 saturated heterocycles. The number of rotatable bonds is 3. The van der Waals surface area contributed by atoms with Gasteiger partial charge in [0.15, 0.2) is 0 Å². The first-order valence-electron chi connectivity index (χ1n) is 6.10. The third-order valence-electron chi connectivity index (χ3n) is 3.42. The van der Waals surface area contributed by atoms with Crippen LogP contribution in [-0.4, -0.2) is 32.4 Å². The van der Waals surface area contributed by atoms with E-state index < -0.39 is 26.6 Å². The number of nitrogens with two attached hydrogens (primary N) is 1. The van der Waals surface area contributed by atoms with Gasteiger partial charge >= 0.3 is 0 Å². The maximum absolute atomic E-state index is 13.6. The summed E-state index contributed by atoms with van der Waals surface area (Å²) >= 11 is 0. The molecule has 0 aromatic heterocycles. The summed E-state index contributed by atoms with van der Waals surface area (Å²) in [7, 11) is -3.89. The summed E-state index contributed by atoms with van der Waals surface area (Å²) in [6.45, 7) is 1.17. The Bertz CT molecular complexity index is 555. The molecule has 0 saturated carbocycles. The molecule has 1 aromatic rings. The molecule has 0 unspecified atom stereocenters. The van der Waals surface area contributed by atoms with Crippen LogP contribution in [0.3, 0.4) is 0 Å². The van der Waals surface area contributed by atoms with E-state index in [9.17, 15) is 17.2 Å². The molecule has 0 aliphatic carbocycles. The van der Waals surface area contributed by atoms with E-state index in [2.05, 4.69) is 0 Å². The lowest BCUT2D eigenvalue weighted by Crippen LogP contribution is -2.40. The van der Waals surface area contributed by atoms with Crippen molar-refractivity contribution < 1.29 is 17.2 Å². The molecule has 106 valence electrons. The highest BCUT2D eigenvalue weighted by Crippen LogP contribution is 2.25. The highest BCUT2D eigenvalue weighted by molar-refractivity contribution is 7.89. The Morgan fingerprint density at radius 3 is 2.42 bits per heavy atom. The SMILES string of the molecule is NCC1CCN(S(=O)(=O)c2ccc(F)cc2F)CC1.